The van der Waals surface area contributed by atoms with Crippen molar-refractivity contribution >= 4 is 17.6 Å². The SMILES string of the molecule is O=C(NC1CC(C(=O)O)C1)c1ccn(-c2ccccc2[N+](=O)[O-])n1. The summed E-state index contributed by atoms with van der Waals surface area (Å²) in [6.07, 6.45) is 2.26. The van der Waals surface area contributed by atoms with Crippen molar-refractivity contribution in [2.75, 3.05) is 0 Å². The normalized spacial score (nSPS) is 19.3. The van der Waals surface area contributed by atoms with E-state index in [-0.39, 0.29) is 23.1 Å². The van der Waals surface area contributed by atoms with E-state index in [1.807, 2.05) is 0 Å². The van der Waals surface area contributed by atoms with Gasteiger partial charge in [0, 0.05) is 18.3 Å². The van der Waals surface area contributed by atoms with Gasteiger partial charge in [0.05, 0.1) is 10.8 Å². The molecule has 1 aliphatic rings. The van der Waals surface area contributed by atoms with Crippen LogP contribution in [0.4, 0.5) is 5.69 Å². The molecule has 0 aliphatic heterocycles. The van der Waals surface area contributed by atoms with E-state index in [0.717, 1.165) is 0 Å². The molecule has 1 aromatic heterocycles. The number of carboxylic acid groups (broad SMARTS) is 1. The van der Waals surface area contributed by atoms with Crippen LogP contribution in [0, 0.1) is 16.0 Å². The molecule has 1 aliphatic carbocycles. The van der Waals surface area contributed by atoms with Crippen molar-refractivity contribution in [3.63, 3.8) is 0 Å². The zero-order valence-corrected chi connectivity index (χ0v) is 12.5. The number of carbonyl (C=O) groups excluding carboxylic acids is 1. The first-order valence-electron chi connectivity index (χ1n) is 7.29. The fourth-order valence-corrected chi connectivity index (χ4v) is 2.59. The zero-order chi connectivity index (χ0) is 17.3. The summed E-state index contributed by atoms with van der Waals surface area (Å²) in [5, 5.41) is 26.7. The van der Waals surface area contributed by atoms with E-state index in [1.165, 1.54) is 29.1 Å². The van der Waals surface area contributed by atoms with Gasteiger partial charge in [-0.3, -0.25) is 19.7 Å². The van der Waals surface area contributed by atoms with Gasteiger partial charge in [-0.05, 0) is 25.0 Å². The van der Waals surface area contributed by atoms with Crippen LogP contribution in [0.15, 0.2) is 36.5 Å². The Labute approximate surface area is 136 Å². The number of aromatic nitrogens is 2. The van der Waals surface area contributed by atoms with Gasteiger partial charge in [-0.25, -0.2) is 4.68 Å². The number of nitro groups is 1. The first kappa shape index (κ1) is 15.7. The van der Waals surface area contributed by atoms with Gasteiger partial charge in [-0.1, -0.05) is 12.1 Å². The van der Waals surface area contributed by atoms with Crippen LogP contribution < -0.4 is 5.32 Å². The minimum absolute atomic E-state index is 0.115. The molecular formula is C15H14N4O5. The van der Waals surface area contributed by atoms with Crippen molar-refractivity contribution in [1.82, 2.24) is 15.1 Å². The third kappa shape index (κ3) is 2.96. The number of aliphatic carboxylic acids is 1. The lowest BCUT2D eigenvalue weighted by atomic mass is 9.80. The van der Waals surface area contributed by atoms with Gasteiger partial charge < -0.3 is 10.4 Å². The maximum Gasteiger partial charge on any atom is 0.306 e. The van der Waals surface area contributed by atoms with Gasteiger partial charge in [-0.2, -0.15) is 5.10 Å². The van der Waals surface area contributed by atoms with E-state index in [0.29, 0.717) is 12.8 Å². The summed E-state index contributed by atoms with van der Waals surface area (Å²) in [4.78, 5) is 33.4. The minimum Gasteiger partial charge on any atom is -0.481 e. The predicted octanol–water partition coefficient (Wildman–Crippen LogP) is 1.37. The minimum atomic E-state index is -0.860. The maximum atomic E-state index is 12.1. The van der Waals surface area contributed by atoms with Gasteiger partial charge in [0.1, 0.15) is 5.69 Å². The second-order valence-electron chi connectivity index (χ2n) is 5.57. The molecular weight excluding hydrogens is 316 g/mol. The van der Waals surface area contributed by atoms with E-state index < -0.39 is 22.7 Å². The lowest BCUT2D eigenvalue weighted by Gasteiger charge is -2.32. The lowest BCUT2D eigenvalue weighted by Crippen LogP contribution is -2.46. The smallest absolute Gasteiger partial charge is 0.306 e. The van der Waals surface area contributed by atoms with Crippen LogP contribution in [-0.2, 0) is 4.79 Å². The number of hydrogen-bond acceptors (Lipinski definition) is 5. The van der Waals surface area contributed by atoms with E-state index in [2.05, 4.69) is 10.4 Å². The number of nitro benzene ring substituents is 1. The number of para-hydroxylation sites is 2. The molecule has 0 radical (unpaired) electrons. The molecule has 9 nitrogen and oxygen atoms in total. The van der Waals surface area contributed by atoms with Crippen LogP contribution in [-0.4, -0.2) is 37.7 Å². The molecule has 0 atom stereocenters. The molecule has 24 heavy (non-hydrogen) atoms. The molecule has 1 heterocycles. The van der Waals surface area contributed by atoms with Crippen molar-refractivity contribution < 1.29 is 19.6 Å². The largest absolute Gasteiger partial charge is 0.481 e. The van der Waals surface area contributed by atoms with Crippen molar-refractivity contribution in [3.05, 3.63) is 52.3 Å². The summed E-state index contributed by atoms with van der Waals surface area (Å²) in [6, 6.07) is 7.36. The van der Waals surface area contributed by atoms with Gasteiger partial charge in [0.25, 0.3) is 11.6 Å². The molecule has 0 bridgehead atoms. The fraction of sp³-hybridized carbons (Fsp3) is 0.267. The van der Waals surface area contributed by atoms with Crippen LogP contribution in [0.1, 0.15) is 23.3 Å². The van der Waals surface area contributed by atoms with E-state index in [9.17, 15) is 19.7 Å². The number of amides is 1. The van der Waals surface area contributed by atoms with Crippen molar-refractivity contribution in [2.24, 2.45) is 5.92 Å². The van der Waals surface area contributed by atoms with Crippen LogP contribution in [0.5, 0.6) is 0 Å². The summed E-state index contributed by atoms with van der Waals surface area (Å²) in [5.74, 6) is -1.71. The molecule has 0 saturated heterocycles. The second-order valence-corrected chi connectivity index (χ2v) is 5.57. The fourth-order valence-electron chi connectivity index (χ4n) is 2.59. The molecule has 1 saturated carbocycles. The quantitative estimate of drug-likeness (QED) is 0.629. The predicted molar refractivity (Wildman–Crippen MR) is 81.8 cm³/mol. The topological polar surface area (TPSA) is 127 Å². The molecule has 0 unspecified atom stereocenters. The first-order chi connectivity index (χ1) is 11.5. The standard InChI is InChI=1S/C15H14N4O5/c20-14(16-10-7-9(8-10)15(21)22)11-5-6-18(17-11)12-3-1-2-4-13(12)19(23)24/h1-6,9-10H,7-8H2,(H,16,20)(H,21,22). The number of benzene rings is 1. The average Bonchev–Trinajstić information content (AvgIpc) is 2.99. The number of rotatable bonds is 5. The Morgan fingerprint density at radius 3 is 2.67 bits per heavy atom. The number of nitrogens with one attached hydrogen (secondary N) is 1. The number of carboxylic acids is 1. The van der Waals surface area contributed by atoms with Crippen LogP contribution in [0.2, 0.25) is 0 Å². The third-order valence-corrected chi connectivity index (χ3v) is 3.97. The highest BCUT2D eigenvalue weighted by Gasteiger charge is 2.35. The molecule has 1 amide bonds. The Hall–Kier alpha value is -3.23. The summed E-state index contributed by atoms with van der Waals surface area (Å²) in [7, 11) is 0. The van der Waals surface area contributed by atoms with E-state index in [4.69, 9.17) is 5.11 Å². The number of hydrogen-bond donors (Lipinski definition) is 2. The lowest BCUT2D eigenvalue weighted by molar-refractivity contribution is -0.384. The summed E-state index contributed by atoms with van der Waals surface area (Å²) in [6.45, 7) is 0. The molecule has 3 rings (SSSR count). The zero-order valence-electron chi connectivity index (χ0n) is 12.5. The summed E-state index contributed by atoms with van der Waals surface area (Å²) >= 11 is 0. The number of carbonyl (C=O) groups is 2. The van der Waals surface area contributed by atoms with Gasteiger partial charge in [0.2, 0.25) is 0 Å². The first-order valence-corrected chi connectivity index (χ1v) is 7.29. The highest BCUT2D eigenvalue weighted by atomic mass is 16.6. The van der Waals surface area contributed by atoms with Gasteiger partial charge in [-0.15, -0.1) is 0 Å². The Kier molecular flexibility index (Phi) is 3.98. The molecule has 0 spiro atoms. The van der Waals surface area contributed by atoms with Crippen LogP contribution >= 0.6 is 0 Å². The highest BCUT2D eigenvalue weighted by molar-refractivity contribution is 5.92. The summed E-state index contributed by atoms with van der Waals surface area (Å²) in [5.41, 5.74) is 0.263. The van der Waals surface area contributed by atoms with E-state index >= 15 is 0 Å². The molecule has 1 fully saturated rings. The Bertz CT molecular complexity index is 810. The molecule has 2 N–H and O–H groups in total. The van der Waals surface area contributed by atoms with Crippen molar-refractivity contribution in [2.45, 2.75) is 18.9 Å². The van der Waals surface area contributed by atoms with Crippen LogP contribution in [0.3, 0.4) is 0 Å². The second kappa shape index (κ2) is 6.11. The maximum absolute atomic E-state index is 12.1. The average molecular weight is 330 g/mol. The Morgan fingerprint density at radius 1 is 1.29 bits per heavy atom. The molecule has 2 aromatic rings. The highest BCUT2D eigenvalue weighted by Crippen LogP contribution is 2.27. The summed E-state index contributed by atoms with van der Waals surface area (Å²) < 4.78 is 1.27. The van der Waals surface area contributed by atoms with Crippen LogP contribution in [0.25, 0.3) is 5.69 Å². The molecule has 9 heteroatoms. The van der Waals surface area contributed by atoms with Gasteiger partial charge >= 0.3 is 5.97 Å². The molecule has 1 aromatic carbocycles. The Morgan fingerprint density at radius 2 is 2.00 bits per heavy atom. The monoisotopic (exact) mass is 330 g/mol. The van der Waals surface area contributed by atoms with Crippen molar-refractivity contribution in [1.29, 1.82) is 0 Å². The van der Waals surface area contributed by atoms with E-state index in [1.54, 1.807) is 12.1 Å². The Balaban J connectivity index is 1.71. The van der Waals surface area contributed by atoms with Gasteiger partial charge in [0.15, 0.2) is 5.69 Å². The number of nitrogens with zero attached hydrogens (tertiary/aromatic N) is 3. The third-order valence-electron chi connectivity index (χ3n) is 3.97. The van der Waals surface area contributed by atoms with Crippen molar-refractivity contribution in [3.8, 4) is 5.69 Å². The molecule has 124 valence electrons.